The zero-order chi connectivity index (χ0) is 12.1. The third-order valence-electron chi connectivity index (χ3n) is 8.11. The molecule has 0 aliphatic heterocycles. The minimum Gasteiger partial charge on any atom is -0.103 e. The van der Waals surface area contributed by atoms with Gasteiger partial charge >= 0.3 is 0 Å². The minimum absolute atomic E-state index is 0.521. The average Bonchev–Trinajstić information content (AvgIpc) is 2.43. The van der Waals surface area contributed by atoms with E-state index in [1.165, 1.54) is 32.1 Å². The molecule has 4 unspecified atom stereocenters. The maximum atomic E-state index is 4.30. The van der Waals surface area contributed by atoms with E-state index in [0.29, 0.717) is 10.8 Å². The molecule has 4 atom stereocenters. The summed E-state index contributed by atoms with van der Waals surface area (Å²) in [4.78, 5) is 0. The van der Waals surface area contributed by atoms with Gasteiger partial charge in [0, 0.05) is 0 Å². The van der Waals surface area contributed by atoms with Crippen LogP contribution in [0.1, 0.15) is 38.5 Å². The van der Waals surface area contributed by atoms with E-state index in [-0.39, 0.29) is 0 Å². The largest absolute Gasteiger partial charge is 0.103 e. The van der Waals surface area contributed by atoms with E-state index in [1.807, 2.05) is 0 Å². The predicted molar refractivity (Wildman–Crippen MR) is 73.9 cm³/mol. The van der Waals surface area contributed by atoms with Gasteiger partial charge in [-0.25, -0.2) is 0 Å². The molecule has 7 aliphatic carbocycles. The van der Waals surface area contributed by atoms with Crippen molar-refractivity contribution in [2.75, 3.05) is 0 Å². The maximum absolute atomic E-state index is 4.30. The third kappa shape index (κ3) is 0.805. The molecule has 7 rings (SSSR count). The summed E-state index contributed by atoms with van der Waals surface area (Å²) >= 11 is 0. The molecule has 7 fully saturated rings. The maximum Gasteiger partial charge on any atom is -0.00505 e. The van der Waals surface area contributed by atoms with Crippen LogP contribution in [0.5, 0.6) is 0 Å². The van der Waals surface area contributed by atoms with Gasteiger partial charge < -0.3 is 0 Å². The van der Waals surface area contributed by atoms with Crippen molar-refractivity contribution in [3.63, 3.8) is 0 Å². The van der Waals surface area contributed by atoms with Crippen LogP contribution < -0.4 is 0 Å². The first-order valence-electron chi connectivity index (χ1n) is 8.00. The second-order valence-electron chi connectivity index (χ2n) is 8.15. The van der Waals surface area contributed by atoms with Gasteiger partial charge in [-0.3, -0.25) is 0 Å². The highest BCUT2D eigenvalue weighted by atomic mass is 14.8. The molecule has 0 aromatic rings. The lowest BCUT2D eigenvalue weighted by Crippen LogP contribution is -2.71. The zero-order valence-corrected chi connectivity index (χ0v) is 11.3. The van der Waals surface area contributed by atoms with Crippen molar-refractivity contribution < 1.29 is 0 Å². The molecule has 96 valence electrons. The summed E-state index contributed by atoms with van der Waals surface area (Å²) in [6, 6.07) is 0. The van der Waals surface area contributed by atoms with Crippen LogP contribution in [0, 0.1) is 46.3 Å². The smallest absolute Gasteiger partial charge is 0.00505 e. The Morgan fingerprint density at radius 2 is 1.39 bits per heavy atom. The fourth-order valence-electron chi connectivity index (χ4n) is 7.96. The molecule has 18 heavy (non-hydrogen) atoms. The Balaban J connectivity index is 1.78. The van der Waals surface area contributed by atoms with Gasteiger partial charge in [-0.05, 0) is 84.9 Å². The summed E-state index contributed by atoms with van der Waals surface area (Å²) in [5.41, 5.74) is 1.04. The van der Waals surface area contributed by atoms with Crippen molar-refractivity contribution >= 4 is 0 Å². The molecular weight excluding hydrogens is 216 g/mol. The van der Waals surface area contributed by atoms with Crippen molar-refractivity contribution in [2.24, 2.45) is 46.3 Å². The van der Waals surface area contributed by atoms with Gasteiger partial charge in [-0.15, -0.1) is 13.2 Å². The van der Waals surface area contributed by atoms with E-state index >= 15 is 0 Å². The molecule has 7 aliphatic rings. The van der Waals surface area contributed by atoms with E-state index < -0.39 is 0 Å². The molecular formula is C18H24. The Labute approximate surface area is 111 Å². The summed E-state index contributed by atoms with van der Waals surface area (Å²) < 4.78 is 0. The van der Waals surface area contributed by atoms with Crippen molar-refractivity contribution in [3.8, 4) is 0 Å². The molecule has 0 spiro atoms. The Hall–Kier alpha value is -0.520. The lowest BCUT2D eigenvalue weighted by atomic mass is 9.26. The molecule has 0 heteroatoms. The van der Waals surface area contributed by atoms with E-state index in [1.54, 1.807) is 6.42 Å². The molecule has 7 saturated carbocycles. The highest BCUT2D eigenvalue weighted by Crippen LogP contribution is 2.80. The van der Waals surface area contributed by atoms with Crippen molar-refractivity contribution in [1.82, 2.24) is 0 Å². The summed E-state index contributed by atoms with van der Waals surface area (Å²) in [7, 11) is 0. The van der Waals surface area contributed by atoms with Crippen LogP contribution in [0.25, 0.3) is 0 Å². The van der Waals surface area contributed by atoms with Crippen LogP contribution >= 0.6 is 0 Å². The Morgan fingerprint density at radius 3 is 1.94 bits per heavy atom. The normalized spacial score (nSPS) is 66.4. The van der Waals surface area contributed by atoms with Gasteiger partial charge in [0.05, 0.1) is 0 Å². The highest BCUT2D eigenvalue weighted by molar-refractivity contribution is 5.29. The van der Waals surface area contributed by atoms with E-state index in [4.69, 9.17) is 0 Å². The fourth-order valence-corrected chi connectivity index (χ4v) is 7.96. The second kappa shape index (κ2) is 2.81. The molecule has 0 heterocycles. The van der Waals surface area contributed by atoms with Crippen LogP contribution in [0.15, 0.2) is 25.3 Å². The van der Waals surface area contributed by atoms with E-state index in [2.05, 4.69) is 25.3 Å². The van der Waals surface area contributed by atoms with Crippen molar-refractivity contribution in [2.45, 2.75) is 38.5 Å². The summed E-state index contributed by atoms with van der Waals surface area (Å²) in [6.45, 7) is 8.61. The monoisotopic (exact) mass is 240 g/mol. The van der Waals surface area contributed by atoms with Crippen LogP contribution in [-0.4, -0.2) is 0 Å². The van der Waals surface area contributed by atoms with Gasteiger partial charge in [0.1, 0.15) is 0 Å². The Morgan fingerprint density at radius 1 is 0.778 bits per heavy atom. The van der Waals surface area contributed by atoms with Gasteiger partial charge in [-0.2, -0.15) is 0 Å². The van der Waals surface area contributed by atoms with Crippen LogP contribution in [0.4, 0.5) is 0 Å². The Kier molecular flexibility index (Phi) is 1.61. The lowest BCUT2D eigenvalue weighted by Gasteiger charge is -2.78. The first-order chi connectivity index (χ1) is 8.73. The topological polar surface area (TPSA) is 0 Å². The fraction of sp³-hybridized carbons (Fsp3) is 0.778. The highest BCUT2D eigenvalue weighted by Gasteiger charge is 2.73. The van der Waals surface area contributed by atoms with E-state index in [9.17, 15) is 0 Å². The molecule has 0 aromatic carbocycles. The molecule has 0 saturated heterocycles. The van der Waals surface area contributed by atoms with Gasteiger partial charge in [0.2, 0.25) is 0 Å². The molecule has 8 bridgehead atoms. The van der Waals surface area contributed by atoms with Crippen molar-refractivity contribution in [1.29, 1.82) is 0 Å². The summed E-state index contributed by atoms with van der Waals surface area (Å²) in [5, 5.41) is 0. The first-order valence-corrected chi connectivity index (χ1v) is 8.00. The van der Waals surface area contributed by atoms with E-state index in [0.717, 1.165) is 35.5 Å². The third-order valence-corrected chi connectivity index (χ3v) is 8.11. The van der Waals surface area contributed by atoms with Gasteiger partial charge in [0.15, 0.2) is 0 Å². The average molecular weight is 240 g/mol. The first kappa shape index (κ1) is 10.3. The standard InChI is InChI=1S/C18H24/c1-3-17-9-12-5-13-14(17)6-11-7-15(13)18(4-2,10-12)16(17)8-11/h3-4,11-16H,1-2,5-10H2. The Bertz CT molecular complexity index is 413. The predicted octanol–water partition coefficient (Wildman–Crippen LogP) is 4.44. The molecule has 0 aromatic heterocycles. The number of allylic oxidation sites excluding steroid dienone is 2. The van der Waals surface area contributed by atoms with Gasteiger partial charge in [0.25, 0.3) is 0 Å². The van der Waals surface area contributed by atoms with Crippen molar-refractivity contribution in [3.05, 3.63) is 25.3 Å². The molecule has 0 nitrogen and oxygen atoms in total. The quantitative estimate of drug-likeness (QED) is 0.626. The SMILES string of the molecule is C=CC12CC3CC4C1CC1CC4C(C=C)(C3)C2C1. The lowest BCUT2D eigenvalue weighted by molar-refractivity contribution is -0.266. The van der Waals surface area contributed by atoms with Crippen LogP contribution in [-0.2, 0) is 0 Å². The molecule has 0 N–H and O–H groups in total. The number of rotatable bonds is 2. The van der Waals surface area contributed by atoms with Gasteiger partial charge in [-0.1, -0.05) is 12.2 Å². The number of hydrogen-bond acceptors (Lipinski definition) is 0. The minimum atomic E-state index is 0.521. The van der Waals surface area contributed by atoms with Crippen LogP contribution in [0.3, 0.4) is 0 Å². The second-order valence-corrected chi connectivity index (χ2v) is 8.15. The number of hydrogen-bond donors (Lipinski definition) is 0. The zero-order valence-electron chi connectivity index (χ0n) is 11.3. The van der Waals surface area contributed by atoms with Crippen LogP contribution in [0.2, 0.25) is 0 Å². The summed E-state index contributed by atoms with van der Waals surface area (Å²) in [6.07, 6.45) is 13.9. The summed E-state index contributed by atoms with van der Waals surface area (Å²) in [5.74, 6) is 5.99. The molecule has 0 amide bonds. The molecule has 0 radical (unpaired) electrons.